The number of nitrogens with one attached hydrogen (secondary N) is 2. The maximum atomic E-state index is 12.6. The molecule has 3 aliphatic rings. The van der Waals surface area contributed by atoms with Crippen LogP contribution in [0.15, 0.2) is 34.2 Å². The van der Waals surface area contributed by atoms with Crippen molar-refractivity contribution in [2.75, 3.05) is 11.9 Å². The summed E-state index contributed by atoms with van der Waals surface area (Å²) < 4.78 is 27.7. The Hall–Kier alpha value is -1.89. The van der Waals surface area contributed by atoms with Gasteiger partial charge in [0.1, 0.15) is 5.84 Å². The van der Waals surface area contributed by atoms with E-state index in [9.17, 15) is 13.2 Å². The van der Waals surface area contributed by atoms with Crippen LogP contribution < -0.4 is 10.0 Å². The molecule has 7 heteroatoms. The van der Waals surface area contributed by atoms with E-state index in [0.29, 0.717) is 30.4 Å². The molecule has 146 valence electrons. The third kappa shape index (κ3) is 4.18. The first-order valence-electron chi connectivity index (χ1n) is 9.98. The van der Waals surface area contributed by atoms with E-state index < -0.39 is 10.0 Å². The molecule has 0 spiro atoms. The van der Waals surface area contributed by atoms with Gasteiger partial charge in [-0.2, -0.15) is 0 Å². The van der Waals surface area contributed by atoms with E-state index >= 15 is 0 Å². The van der Waals surface area contributed by atoms with Crippen molar-refractivity contribution in [2.24, 2.45) is 22.7 Å². The number of amidine groups is 1. The largest absolute Gasteiger partial charge is 0.326 e. The molecule has 2 bridgehead atoms. The molecule has 2 saturated carbocycles. The van der Waals surface area contributed by atoms with Gasteiger partial charge in [0.05, 0.1) is 4.90 Å². The van der Waals surface area contributed by atoms with Gasteiger partial charge in [0, 0.05) is 24.6 Å². The van der Waals surface area contributed by atoms with E-state index in [0.717, 1.165) is 38.0 Å². The summed E-state index contributed by atoms with van der Waals surface area (Å²) in [5, 5.41) is 2.96. The summed E-state index contributed by atoms with van der Waals surface area (Å²) in [5.41, 5.74) is 0.647. The van der Waals surface area contributed by atoms with Gasteiger partial charge < -0.3 is 5.32 Å². The number of aliphatic imine (C=N–C) groups is 1. The fourth-order valence-corrected chi connectivity index (χ4v) is 5.78. The molecule has 27 heavy (non-hydrogen) atoms. The fraction of sp³-hybridized carbons (Fsp3) is 0.600. The van der Waals surface area contributed by atoms with Crippen molar-refractivity contribution in [3.05, 3.63) is 24.3 Å². The summed E-state index contributed by atoms with van der Waals surface area (Å²) in [6, 6.07) is 6.40. The Morgan fingerprint density at radius 2 is 1.85 bits per heavy atom. The van der Waals surface area contributed by atoms with Gasteiger partial charge >= 0.3 is 0 Å². The standard InChI is InChI=1S/C20H27N3O3S/c24-20(18-13-14-5-6-15(18)12-14)22-16-7-9-17(10-8-16)27(25,26)23-19-4-2-1-3-11-21-19/h7-10,14-15,18H,1-6,11-13H2,(H,21,23)(H,22,24). The third-order valence-corrected chi connectivity index (χ3v) is 7.53. The van der Waals surface area contributed by atoms with E-state index in [2.05, 4.69) is 15.0 Å². The van der Waals surface area contributed by atoms with Crippen molar-refractivity contribution < 1.29 is 13.2 Å². The van der Waals surface area contributed by atoms with Crippen LogP contribution in [0.25, 0.3) is 0 Å². The molecule has 3 unspecified atom stereocenters. The van der Waals surface area contributed by atoms with Crippen LogP contribution in [0.1, 0.15) is 51.4 Å². The van der Waals surface area contributed by atoms with Crippen LogP contribution in [0, 0.1) is 17.8 Å². The molecule has 1 aromatic rings. The topological polar surface area (TPSA) is 87.6 Å². The van der Waals surface area contributed by atoms with Crippen LogP contribution in [0.3, 0.4) is 0 Å². The van der Waals surface area contributed by atoms with Crippen LogP contribution in [0.2, 0.25) is 0 Å². The van der Waals surface area contributed by atoms with Crippen molar-refractivity contribution in [3.63, 3.8) is 0 Å². The minimum absolute atomic E-state index is 0.0729. The van der Waals surface area contributed by atoms with Gasteiger partial charge in [-0.05, 0) is 68.2 Å². The number of hydrogen-bond acceptors (Lipinski definition) is 4. The van der Waals surface area contributed by atoms with Crippen LogP contribution in [-0.4, -0.2) is 26.7 Å². The monoisotopic (exact) mass is 389 g/mol. The van der Waals surface area contributed by atoms with E-state index in [4.69, 9.17) is 0 Å². The second kappa shape index (κ2) is 7.62. The minimum Gasteiger partial charge on any atom is -0.326 e. The van der Waals surface area contributed by atoms with Gasteiger partial charge in [-0.25, -0.2) is 8.42 Å². The number of anilines is 1. The summed E-state index contributed by atoms with van der Waals surface area (Å²) >= 11 is 0. The number of sulfonamides is 1. The molecule has 6 nitrogen and oxygen atoms in total. The first-order valence-corrected chi connectivity index (χ1v) is 11.5. The zero-order valence-electron chi connectivity index (χ0n) is 15.5. The third-order valence-electron chi connectivity index (χ3n) is 6.13. The number of hydrogen-bond donors (Lipinski definition) is 2. The van der Waals surface area contributed by atoms with Crippen LogP contribution >= 0.6 is 0 Å². The first-order chi connectivity index (χ1) is 13.0. The second-order valence-corrected chi connectivity index (χ2v) is 9.72. The normalized spacial score (nSPS) is 27.7. The smallest absolute Gasteiger partial charge is 0.262 e. The lowest BCUT2D eigenvalue weighted by atomic mass is 9.88. The number of amides is 1. The van der Waals surface area contributed by atoms with Gasteiger partial charge in [-0.3, -0.25) is 14.5 Å². The Bertz CT molecular complexity index is 833. The molecule has 1 amide bonds. The molecule has 0 radical (unpaired) electrons. The Labute approximate surface area is 160 Å². The molecule has 0 saturated heterocycles. The highest BCUT2D eigenvalue weighted by Crippen LogP contribution is 2.48. The Morgan fingerprint density at radius 1 is 1.04 bits per heavy atom. The van der Waals surface area contributed by atoms with Gasteiger partial charge in [0.2, 0.25) is 5.91 Å². The average molecular weight is 390 g/mol. The zero-order chi connectivity index (χ0) is 18.9. The van der Waals surface area contributed by atoms with Gasteiger partial charge in [-0.15, -0.1) is 0 Å². The first kappa shape index (κ1) is 18.5. The predicted octanol–water partition coefficient (Wildman–Crippen LogP) is 3.31. The maximum absolute atomic E-state index is 12.6. The molecule has 2 fully saturated rings. The van der Waals surface area contributed by atoms with E-state index in [-0.39, 0.29) is 16.7 Å². The predicted molar refractivity (Wildman–Crippen MR) is 105 cm³/mol. The second-order valence-electron chi connectivity index (χ2n) is 8.04. The lowest BCUT2D eigenvalue weighted by Crippen LogP contribution is -2.30. The lowest BCUT2D eigenvalue weighted by molar-refractivity contribution is -0.121. The van der Waals surface area contributed by atoms with Gasteiger partial charge in [0.25, 0.3) is 10.0 Å². The van der Waals surface area contributed by atoms with Crippen LogP contribution in [0.4, 0.5) is 5.69 Å². The van der Waals surface area contributed by atoms with Crippen LogP contribution in [-0.2, 0) is 14.8 Å². The van der Waals surface area contributed by atoms with E-state index in [1.807, 2.05) is 0 Å². The molecule has 2 N–H and O–H groups in total. The number of benzene rings is 1. The quantitative estimate of drug-likeness (QED) is 0.828. The SMILES string of the molecule is O=C(Nc1ccc(S(=O)(=O)NC2=NCCCCC2)cc1)C1CC2CCC1C2. The van der Waals surface area contributed by atoms with E-state index in [1.165, 1.54) is 25.0 Å². The molecule has 1 aliphatic heterocycles. The van der Waals surface area contributed by atoms with Crippen molar-refractivity contribution in [1.82, 2.24) is 4.72 Å². The highest BCUT2D eigenvalue weighted by atomic mass is 32.2. The van der Waals surface area contributed by atoms with Crippen molar-refractivity contribution in [1.29, 1.82) is 0 Å². The highest BCUT2D eigenvalue weighted by molar-refractivity contribution is 7.90. The summed E-state index contributed by atoms with van der Waals surface area (Å²) in [4.78, 5) is 17.0. The molecule has 0 aromatic heterocycles. The molecular formula is C20H27N3O3S. The summed E-state index contributed by atoms with van der Waals surface area (Å²) in [7, 11) is -3.64. The van der Waals surface area contributed by atoms with Crippen molar-refractivity contribution in [3.8, 4) is 0 Å². The highest BCUT2D eigenvalue weighted by Gasteiger charge is 2.43. The molecule has 1 heterocycles. The van der Waals surface area contributed by atoms with E-state index in [1.54, 1.807) is 12.1 Å². The number of carbonyl (C=O) groups is 1. The Balaban J connectivity index is 1.39. The summed E-state index contributed by atoms with van der Waals surface area (Å²) in [6.45, 7) is 0.672. The van der Waals surface area contributed by atoms with Crippen LogP contribution in [0.5, 0.6) is 0 Å². The zero-order valence-corrected chi connectivity index (χ0v) is 16.3. The van der Waals surface area contributed by atoms with Gasteiger partial charge in [0.15, 0.2) is 0 Å². The Kier molecular flexibility index (Phi) is 5.21. The number of carbonyl (C=O) groups excluding carboxylic acids is 1. The molecule has 4 rings (SSSR count). The minimum atomic E-state index is -3.64. The average Bonchev–Trinajstić information content (AvgIpc) is 3.20. The number of nitrogens with zero attached hydrogens (tertiary/aromatic N) is 1. The van der Waals surface area contributed by atoms with Crippen molar-refractivity contribution in [2.45, 2.75) is 56.3 Å². The summed E-state index contributed by atoms with van der Waals surface area (Å²) in [5.74, 6) is 1.97. The molecule has 2 aliphatic carbocycles. The molecular weight excluding hydrogens is 362 g/mol. The van der Waals surface area contributed by atoms with Crippen molar-refractivity contribution >= 4 is 27.5 Å². The summed E-state index contributed by atoms with van der Waals surface area (Å²) in [6.07, 6.45) is 8.30. The molecule has 3 atom stereocenters. The number of fused-ring (bicyclic) bond motifs is 2. The maximum Gasteiger partial charge on any atom is 0.262 e. The Morgan fingerprint density at radius 3 is 2.56 bits per heavy atom. The fourth-order valence-electron chi connectivity index (χ4n) is 4.69. The lowest BCUT2D eigenvalue weighted by Gasteiger charge is -2.20. The molecule has 1 aromatic carbocycles. The van der Waals surface area contributed by atoms with Gasteiger partial charge in [-0.1, -0.05) is 12.8 Å². The number of rotatable bonds is 4.